The van der Waals surface area contributed by atoms with Gasteiger partial charge in [0, 0.05) is 0 Å². The van der Waals surface area contributed by atoms with E-state index in [1.165, 1.54) is 0 Å². The SMILES string of the molecule is COc1cc(C)ccc1NC(=O)c1cc(CC(C)C)ccc1O. The molecule has 0 spiro atoms. The van der Waals surface area contributed by atoms with Gasteiger partial charge in [0.25, 0.3) is 5.91 Å². The second-order valence-corrected chi connectivity index (χ2v) is 6.11. The fourth-order valence-corrected chi connectivity index (χ4v) is 2.45. The van der Waals surface area contributed by atoms with Crippen molar-refractivity contribution in [2.45, 2.75) is 27.2 Å². The average molecular weight is 313 g/mol. The van der Waals surface area contributed by atoms with Gasteiger partial charge in [0.05, 0.1) is 18.4 Å². The highest BCUT2D eigenvalue weighted by atomic mass is 16.5. The molecule has 0 aromatic heterocycles. The van der Waals surface area contributed by atoms with Crippen molar-refractivity contribution in [3.05, 3.63) is 53.1 Å². The molecular formula is C19H23NO3. The second kappa shape index (κ2) is 7.18. The summed E-state index contributed by atoms with van der Waals surface area (Å²) in [6.45, 7) is 6.18. The average Bonchev–Trinajstić information content (AvgIpc) is 2.50. The van der Waals surface area contributed by atoms with Crippen LogP contribution in [0, 0.1) is 12.8 Å². The maximum absolute atomic E-state index is 12.5. The van der Waals surface area contributed by atoms with E-state index in [-0.39, 0.29) is 17.2 Å². The Balaban J connectivity index is 2.27. The molecule has 2 aromatic carbocycles. The monoisotopic (exact) mass is 313 g/mol. The highest BCUT2D eigenvalue weighted by molar-refractivity contribution is 6.06. The maximum atomic E-state index is 12.5. The number of phenols is 1. The molecule has 0 saturated heterocycles. The van der Waals surface area contributed by atoms with Crippen molar-refractivity contribution in [1.82, 2.24) is 0 Å². The third-order valence-corrected chi connectivity index (χ3v) is 3.55. The van der Waals surface area contributed by atoms with Gasteiger partial charge in [0.1, 0.15) is 11.5 Å². The molecule has 0 fully saturated rings. The number of anilines is 1. The lowest BCUT2D eigenvalue weighted by atomic mass is 10.00. The molecule has 0 bridgehead atoms. The lowest BCUT2D eigenvalue weighted by molar-refractivity contribution is 0.102. The van der Waals surface area contributed by atoms with Gasteiger partial charge >= 0.3 is 0 Å². The van der Waals surface area contributed by atoms with Gasteiger partial charge < -0.3 is 15.2 Å². The Morgan fingerprint density at radius 3 is 2.61 bits per heavy atom. The zero-order valence-corrected chi connectivity index (χ0v) is 14.0. The summed E-state index contributed by atoms with van der Waals surface area (Å²) in [5.74, 6) is 0.695. The first kappa shape index (κ1) is 16.9. The number of nitrogens with one attached hydrogen (secondary N) is 1. The molecule has 4 nitrogen and oxygen atoms in total. The fraction of sp³-hybridized carbons (Fsp3) is 0.316. The summed E-state index contributed by atoms with van der Waals surface area (Å²) in [5, 5.41) is 12.8. The number of ether oxygens (including phenoxy) is 1. The molecule has 122 valence electrons. The molecule has 0 atom stereocenters. The number of hydrogen-bond acceptors (Lipinski definition) is 3. The van der Waals surface area contributed by atoms with Gasteiger partial charge in [0.2, 0.25) is 0 Å². The molecule has 23 heavy (non-hydrogen) atoms. The predicted molar refractivity (Wildman–Crippen MR) is 92.3 cm³/mol. The number of aromatic hydroxyl groups is 1. The Morgan fingerprint density at radius 2 is 1.96 bits per heavy atom. The summed E-state index contributed by atoms with van der Waals surface area (Å²) in [7, 11) is 1.56. The van der Waals surface area contributed by atoms with Crippen LogP contribution in [0.5, 0.6) is 11.5 Å². The number of phenolic OH excluding ortho intramolecular Hbond substituents is 1. The predicted octanol–water partition coefficient (Wildman–Crippen LogP) is 4.16. The Labute approximate surface area is 137 Å². The minimum absolute atomic E-state index is 0.0268. The van der Waals surface area contributed by atoms with Crippen molar-refractivity contribution in [2.75, 3.05) is 12.4 Å². The van der Waals surface area contributed by atoms with Gasteiger partial charge in [0.15, 0.2) is 0 Å². The molecular weight excluding hydrogens is 290 g/mol. The van der Waals surface area contributed by atoms with Crippen LogP contribution in [-0.2, 0) is 6.42 Å². The van der Waals surface area contributed by atoms with Crippen molar-refractivity contribution in [3.63, 3.8) is 0 Å². The van der Waals surface area contributed by atoms with Gasteiger partial charge in [-0.1, -0.05) is 26.0 Å². The smallest absolute Gasteiger partial charge is 0.259 e. The van der Waals surface area contributed by atoms with Crippen molar-refractivity contribution >= 4 is 11.6 Å². The summed E-state index contributed by atoms with van der Waals surface area (Å²) in [5.41, 5.74) is 2.92. The summed E-state index contributed by atoms with van der Waals surface area (Å²) >= 11 is 0. The largest absolute Gasteiger partial charge is 0.507 e. The minimum Gasteiger partial charge on any atom is -0.507 e. The van der Waals surface area contributed by atoms with E-state index in [1.54, 1.807) is 25.3 Å². The molecule has 2 rings (SSSR count). The summed E-state index contributed by atoms with van der Waals surface area (Å²) in [6.07, 6.45) is 0.856. The molecule has 2 N–H and O–H groups in total. The van der Waals surface area contributed by atoms with E-state index in [9.17, 15) is 9.90 Å². The van der Waals surface area contributed by atoms with Crippen LogP contribution in [0.1, 0.15) is 35.3 Å². The molecule has 0 saturated carbocycles. The van der Waals surface area contributed by atoms with E-state index in [2.05, 4.69) is 19.2 Å². The van der Waals surface area contributed by atoms with Crippen LogP contribution in [0.25, 0.3) is 0 Å². The van der Waals surface area contributed by atoms with E-state index < -0.39 is 0 Å². The Kier molecular flexibility index (Phi) is 5.27. The quantitative estimate of drug-likeness (QED) is 0.871. The molecule has 2 aromatic rings. The highest BCUT2D eigenvalue weighted by Crippen LogP contribution is 2.27. The number of amides is 1. The fourth-order valence-electron chi connectivity index (χ4n) is 2.45. The van der Waals surface area contributed by atoms with E-state index in [0.29, 0.717) is 17.4 Å². The molecule has 0 aliphatic rings. The summed E-state index contributed by atoms with van der Waals surface area (Å²) in [6, 6.07) is 10.7. The number of carbonyl (C=O) groups is 1. The van der Waals surface area contributed by atoms with E-state index in [0.717, 1.165) is 17.5 Å². The molecule has 0 aliphatic carbocycles. The van der Waals surface area contributed by atoms with Crippen molar-refractivity contribution in [2.24, 2.45) is 5.92 Å². The van der Waals surface area contributed by atoms with Crippen molar-refractivity contribution in [1.29, 1.82) is 0 Å². The number of rotatable bonds is 5. The van der Waals surface area contributed by atoms with Gasteiger partial charge in [-0.25, -0.2) is 0 Å². The van der Waals surface area contributed by atoms with Gasteiger partial charge in [-0.05, 0) is 54.7 Å². The first-order valence-electron chi connectivity index (χ1n) is 7.68. The number of benzene rings is 2. The van der Waals surface area contributed by atoms with Crippen molar-refractivity contribution < 1.29 is 14.6 Å². The molecule has 0 aliphatic heterocycles. The number of aryl methyl sites for hydroxylation is 1. The summed E-state index contributed by atoms with van der Waals surface area (Å²) in [4.78, 5) is 12.5. The zero-order valence-electron chi connectivity index (χ0n) is 14.0. The van der Waals surface area contributed by atoms with Crippen LogP contribution in [0.2, 0.25) is 0 Å². The Hall–Kier alpha value is -2.49. The van der Waals surface area contributed by atoms with Gasteiger partial charge in [-0.2, -0.15) is 0 Å². The van der Waals surface area contributed by atoms with E-state index in [4.69, 9.17) is 4.74 Å². The second-order valence-electron chi connectivity index (χ2n) is 6.11. The molecule has 0 unspecified atom stereocenters. The number of carbonyl (C=O) groups excluding carboxylic acids is 1. The van der Waals surface area contributed by atoms with E-state index in [1.807, 2.05) is 25.1 Å². The lowest BCUT2D eigenvalue weighted by Crippen LogP contribution is -2.13. The third kappa shape index (κ3) is 4.25. The topological polar surface area (TPSA) is 58.6 Å². The third-order valence-electron chi connectivity index (χ3n) is 3.55. The molecule has 0 radical (unpaired) electrons. The van der Waals surface area contributed by atoms with Crippen LogP contribution in [0.15, 0.2) is 36.4 Å². The maximum Gasteiger partial charge on any atom is 0.259 e. The van der Waals surface area contributed by atoms with Crippen molar-refractivity contribution in [3.8, 4) is 11.5 Å². The van der Waals surface area contributed by atoms with Gasteiger partial charge in [-0.15, -0.1) is 0 Å². The number of hydrogen-bond donors (Lipinski definition) is 2. The standard InChI is InChI=1S/C19H23NO3/c1-12(2)9-14-6-8-17(21)15(11-14)19(22)20-16-7-5-13(3)10-18(16)23-4/h5-8,10-12,21H,9H2,1-4H3,(H,20,22). The van der Waals surface area contributed by atoms with Crippen LogP contribution in [-0.4, -0.2) is 18.1 Å². The normalized spacial score (nSPS) is 10.7. The lowest BCUT2D eigenvalue weighted by Gasteiger charge is -2.13. The Bertz CT molecular complexity index is 708. The van der Waals surface area contributed by atoms with Gasteiger partial charge in [-0.3, -0.25) is 4.79 Å². The molecule has 1 amide bonds. The van der Waals surface area contributed by atoms with Crippen LogP contribution in [0.4, 0.5) is 5.69 Å². The highest BCUT2D eigenvalue weighted by Gasteiger charge is 2.15. The van der Waals surface area contributed by atoms with Crippen LogP contribution < -0.4 is 10.1 Å². The minimum atomic E-state index is -0.352. The Morgan fingerprint density at radius 1 is 1.22 bits per heavy atom. The van der Waals surface area contributed by atoms with Crippen LogP contribution >= 0.6 is 0 Å². The first-order valence-corrected chi connectivity index (χ1v) is 7.68. The summed E-state index contributed by atoms with van der Waals surface area (Å²) < 4.78 is 5.29. The van der Waals surface area contributed by atoms with E-state index >= 15 is 0 Å². The first-order chi connectivity index (χ1) is 10.9. The molecule has 4 heteroatoms. The van der Waals surface area contributed by atoms with Crippen LogP contribution in [0.3, 0.4) is 0 Å². The number of methoxy groups -OCH3 is 1. The zero-order chi connectivity index (χ0) is 17.0. The molecule has 0 heterocycles.